The molecule has 0 bridgehead atoms. The monoisotopic (exact) mass is 1910 g/mol. The topological polar surface area (TPSA) is 543 Å². The number of aromatic nitrogens is 12. The van der Waals surface area contributed by atoms with Gasteiger partial charge in [-0.3, -0.25) is 55.4 Å². The quantitative estimate of drug-likeness (QED) is 0.00987. The van der Waals surface area contributed by atoms with Crippen molar-refractivity contribution in [3.8, 4) is 75.4 Å². The summed E-state index contributed by atoms with van der Waals surface area (Å²) in [4.78, 5) is 106. The number of H-pyrrole nitrogens is 1. The number of hydrogen-bond donors (Lipinski definition) is 4. The van der Waals surface area contributed by atoms with Crippen LogP contribution in [0.3, 0.4) is 0 Å². The maximum absolute atomic E-state index is 13.1. The van der Waals surface area contributed by atoms with E-state index in [9.17, 15) is 78.0 Å². The maximum Gasteiger partial charge on any atom is 0.488 e. The van der Waals surface area contributed by atoms with Gasteiger partial charge in [-0.2, -0.15) is 34.9 Å². The minimum atomic E-state index is -1.46. The molecule has 672 valence electrons. The summed E-state index contributed by atoms with van der Waals surface area (Å²) < 4.78 is 101. The van der Waals surface area contributed by atoms with E-state index in [1.54, 1.807) is 78.9 Å². The maximum atomic E-state index is 13.1. The molecule has 8 heterocycles. The first-order valence-corrected chi connectivity index (χ1v) is 36.7. The van der Waals surface area contributed by atoms with E-state index in [2.05, 4.69) is 69.3 Å². The summed E-state index contributed by atoms with van der Waals surface area (Å²) in [6.45, 7) is 4.28. The molecule has 2 aliphatic heterocycles. The minimum absolute atomic E-state index is 0. The van der Waals surface area contributed by atoms with Crippen molar-refractivity contribution in [2.45, 2.75) is 39.5 Å². The molecule has 0 aliphatic carbocycles. The zero-order chi connectivity index (χ0) is 91.9. The molecule has 0 spiro atoms. The molecule has 52 heteroatoms. The number of nitro groups is 5. The summed E-state index contributed by atoms with van der Waals surface area (Å²) >= 11 is 28.5. The minimum Gasteiger partial charge on any atom is -0.488 e. The molecule has 0 fully saturated rings. The largest absolute Gasteiger partial charge is 0.488 e. The van der Waals surface area contributed by atoms with Gasteiger partial charge in [0.1, 0.15) is 46.6 Å². The van der Waals surface area contributed by atoms with Crippen molar-refractivity contribution in [3.05, 3.63) is 303 Å². The van der Waals surface area contributed by atoms with Crippen molar-refractivity contribution in [2.24, 2.45) is 0 Å². The molecule has 4 N–H and O–H groups in total. The fourth-order valence-corrected chi connectivity index (χ4v) is 11.1. The number of hydrogen-bond acceptors (Lipinski definition) is 35. The van der Waals surface area contributed by atoms with Gasteiger partial charge < -0.3 is 74.9 Å². The first-order chi connectivity index (χ1) is 59.6. The van der Waals surface area contributed by atoms with E-state index < -0.39 is 77.4 Å². The van der Waals surface area contributed by atoms with Gasteiger partial charge in [0.25, 0.3) is 5.88 Å². The van der Waals surface area contributed by atoms with Crippen LogP contribution < -0.4 is 58.4 Å². The van der Waals surface area contributed by atoms with Gasteiger partial charge in [-0.25, -0.2) is 37.5 Å². The van der Waals surface area contributed by atoms with Gasteiger partial charge in [-0.05, 0) is 130 Å². The van der Waals surface area contributed by atoms with Crippen LogP contribution in [0.1, 0.15) is 59.4 Å². The van der Waals surface area contributed by atoms with Crippen molar-refractivity contribution in [1.29, 1.82) is 0 Å². The number of rotatable bonds is 21. The van der Waals surface area contributed by atoms with E-state index in [1.165, 1.54) is 103 Å². The molecule has 0 atom stereocenters. The van der Waals surface area contributed by atoms with Gasteiger partial charge in [0, 0.05) is 47.7 Å². The number of aromatic hydroxyl groups is 1. The van der Waals surface area contributed by atoms with Crippen molar-refractivity contribution < 1.29 is 121 Å². The normalized spacial score (nSPS) is 10.6. The second-order valence-corrected chi connectivity index (χ2v) is 25.3. The molecule has 14 rings (SSSR count). The average Bonchev–Trinajstić information content (AvgIpc) is 1.75. The summed E-state index contributed by atoms with van der Waals surface area (Å²) in [5.74, 6) is 0.616. The third-order valence-corrected chi connectivity index (χ3v) is 16.7. The van der Waals surface area contributed by atoms with Crippen LogP contribution in [0.2, 0.25) is 26.0 Å². The van der Waals surface area contributed by atoms with E-state index >= 15 is 0 Å². The van der Waals surface area contributed by atoms with Crippen LogP contribution in [0, 0.1) is 81.3 Å². The molecule has 0 saturated carbocycles. The fourth-order valence-electron chi connectivity index (χ4n) is 10.00. The van der Waals surface area contributed by atoms with Gasteiger partial charge in [-0.1, -0.05) is 103 Å². The average molecular weight is 1910 g/mol. The fraction of sp³-hybridized carbons (Fsp3) is 0.187. The predicted octanol–water partition coefficient (Wildman–Crippen LogP) is 13.6. The summed E-state index contributed by atoms with van der Waals surface area (Å²) in [6.07, 6.45) is 0.874. The zero-order valence-corrected chi connectivity index (χ0v) is 71.7. The van der Waals surface area contributed by atoms with Gasteiger partial charge in [0.2, 0.25) is 51.4 Å². The van der Waals surface area contributed by atoms with E-state index in [4.69, 9.17) is 106 Å². The van der Waals surface area contributed by atoms with Crippen molar-refractivity contribution >= 4 is 99.0 Å². The number of fused-ring (bicyclic) bond motifs is 2. The Morgan fingerprint density at radius 2 is 0.740 bits per heavy atom. The molecule has 0 amide bonds. The SMILES string of the molecule is CC.COc1cc(OC)nc(Cl)n1.COc1nc(Cc2ccc(F)cc2)nc(OC)c1[N+](=O)[O-].COc1nc(Cl)nc(OC)c1[N+](=O)[O-].O=[N+]([O-])c1c(Cl)nc(Cc2ccc(F)cc2)nc1-c1ccc2c(c1)OCO2.O=[N+]([O-])c1c(Cl)nc(Cc2ccc(F)cc2)nc1Cl.O=c1[nH]c(Cc2ccc(F)cc2)nc(O)c1[N+](=O)[O-].OB(O)c1ccc2c(c1)OCO2.[CH3-].[Ni]. The van der Waals surface area contributed by atoms with Gasteiger partial charge in [-0.15, -0.1) is 0 Å². The molecule has 0 radical (unpaired) electrons. The molecule has 12 aromatic rings. The third-order valence-electron chi connectivity index (χ3n) is 15.5. The zero-order valence-electron chi connectivity index (χ0n) is 66.9. The number of aromatic amines is 1. The van der Waals surface area contributed by atoms with Crippen LogP contribution in [-0.2, 0) is 42.2 Å². The Balaban J connectivity index is 0.000000266. The third kappa shape index (κ3) is 30.2. The number of halogens is 9. The predicted molar refractivity (Wildman–Crippen MR) is 443 cm³/mol. The number of methoxy groups -OCH3 is 6. The summed E-state index contributed by atoms with van der Waals surface area (Å²) in [6, 6.07) is 34.0. The molecule has 127 heavy (non-hydrogen) atoms. The number of nitrogens with zero attached hydrogens (tertiary/aromatic N) is 16. The molecular formula is C75H66BCl5F4N17NiO24-. The first kappa shape index (κ1) is 104. The van der Waals surface area contributed by atoms with Crippen LogP contribution in [0.4, 0.5) is 46.0 Å². The molecule has 2 aliphatic rings. The van der Waals surface area contributed by atoms with Gasteiger partial charge in [0.05, 0.1) is 73.3 Å². The number of nitrogens with one attached hydrogen (secondary N) is 1. The Kier molecular flexibility index (Phi) is 40.9. The number of benzene rings is 6. The summed E-state index contributed by atoms with van der Waals surface area (Å²) in [5.41, 5.74) is 0.00192. The first-order valence-electron chi connectivity index (χ1n) is 34.9. The molecule has 41 nitrogen and oxygen atoms in total. The Morgan fingerprint density at radius 3 is 1.10 bits per heavy atom. The van der Waals surface area contributed by atoms with E-state index in [0.717, 1.165) is 16.7 Å². The summed E-state index contributed by atoms with van der Waals surface area (Å²) in [5, 5.41) is 80.2. The Hall–Kier alpha value is -14.0. The van der Waals surface area contributed by atoms with Crippen molar-refractivity contribution in [2.75, 3.05) is 56.2 Å². The van der Waals surface area contributed by atoms with Crippen LogP contribution in [0.15, 0.2) is 144 Å². The smallest absolute Gasteiger partial charge is 0.488 e. The Bertz CT molecular complexity index is 5790. The van der Waals surface area contributed by atoms with Crippen molar-refractivity contribution in [3.63, 3.8) is 0 Å². The van der Waals surface area contributed by atoms with Crippen LogP contribution in [-0.4, -0.2) is 163 Å². The van der Waals surface area contributed by atoms with Gasteiger partial charge in [0.15, 0.2) is 28.7 Å². The molecule has 0 saturated heterocycles. The van der Waals surface area contributed by atoms with E-state index in [-0.39, 0.29) is 159 Å². The van der Waals surface area contributed by atoms with E-state index in [0.29, 0.717) is 51.3 Å². The van der Waals surface area contributed by atoms with Gasteiger partial charge >= 0.3 is 64.6 Å². The Morgan fingerprint density at radius 1 is 0.409 bits per heavy atom. The Labute approximate surface area is 749 Å². The second kappa shape index (κ2) is 50.1. The molecule has 0 unspecified atom stereocenters. The van der Waals surface area contributed by atoms with Crippen LogP contribution >= 0.6 is 58.0 Å². The molecule has 6 aromatic heterocycles. The number of ether oxygens (including phenoxy) is 10. The molecular weight excluding hydrogens is 1850 g/mol. The standard InChI is InChI=1S/C18H11ClFN3O4.C13H12FN3O4.C11H6Cl2FN3O2.C11H8FN3O4.C7H7BO4.C6H6ClN3O4.C6H7ClN2O2.C2H6.CH3.Ni/c19-18-17(23(24)25)16(11-3-6-13-14(8-11)27-9-26-13)21-15(22-18)7-10-1-4-12(20)5-2-10;1-20-12-11(17(18)19)13(21-2)16-10(15-12)7-8-3-5-9(14)6-4-8;12-10-9(17(18)19)11(13)16-8(15-10)5-6-1-3-7(14)4-2-6;12-7-3-1-6(2-4-7)5-8-13-10(16)9(15(18)19)11(17)14-8;9-8(10)5-1-2-6-7(3-5)12-4-11-6;1-13-4-3(10(11)12)5(14-2)9-6(7)8-4;1-10-4-3-5(11-2)9-6(7)8-4;1-2;;/h1-6,8H,7,9H2;3-6H,7H2,1-2H3;1-4H,5H2;1-4H,5H2,(H2,13,14,16,17);1-3,9-10H,4H2;1-2H3;3H,1-2H3;1-2H3;1H3;/q;;;;;;;;-1;. The second-order valence-electron chi connectivity index (χ2n) is 23.5. The van der Waals surface area contributed by atoms with Crippen molar-refractivity contribution in [1.82, 2.24) is 59.8 Å². The molecule has 6 aromatic carbocycles. The van der Waals surface area contributed by atoms with Crippen LogP contribution in [0.5, 0.6) is 64.2 Å². The van der Waals surface area contributed by atoms with E-state index in [1.807, 2.05) is 13.8 Å². The van der Waals surface area contributed by atoms with Crippen LogP contribution in [0.25, 0.3) is 11.3 Å². The summed E-state index contributed by atoms with van der Waals surface area (Å²) in [7, 11) is 6.57.